The second-order valence-corrected chi connectivity index (χ2v) is 6.28. The molecule has 0 atom stereocenters. The van der Waals surface area contributed by atoms with Crippen LogP contribution in [0.25, 0.3) is 0 Å². The lowest BCUT2D eigenvalue weighted by Crippen LogP contribution is -2.02. The van der Waals surface area contributed by atoms with E-state index in [0.29, 0.717) is 11.8 Å². The van der Waals surface area contributed by atoms with Crippen LogP contribution in [-0.4, -0.2) is 21.0 Å². The van der Waals surface area contributed by atoms with Gasteiger partial charge in [-0.1, -0.05) is 22.0 Å². The first-order valence-corrected chi connectivity index (χ1v) is 8.27. The normalized spacial score (nSPS) is 10.3. The van der Waals surface area contributed by atoms with Crippen molar-refractivity contribution in [1.29, 1.82) is 0 Å². The number of nitrogens with one attached hydrogen (secondary N) is 2. The van der Waals surface area contributed by atoms with Crippen LogP contribution in [0.3, 0.4) is 0 Å². The van der Waals surface area contributed by atoms with E-state index in [4.69, 9.17) is 5.11 Å². The molecular formula is C18H15BrN4O2. The highest BCUT2D eigenvalue weighted by molar-refractivity contribution is 9.10. The Morgan fingerprint density at radius 2 is 1.76 bits per heavy atom. The molecule has 2 aromatic carbocycles. The van der Waals surface area contributed by atoms with Crippen LogP contribution in [0.4, 0.5) is 23.1 Å². The van der Waals surface area contributed by atoms with Crippen LogP contribution in [0, 0.1) is 6.92 Å². The summed E-state index contributed by atoms with van der Waals surface area (Å²) in [5.41, 5.74) is 2.66. The molecule has 0 aliphatic rings. The molecule has 0 amide bonds. The third kappa shape index (κ3) is 4.54. The third-order valence-corrected chi connectivity index (χ3v) is 3.83. The van der Waals surface area contributed by atoms with Crippen molar-refractivity contribution in [3.63, 3.8) is 0 Å². The van der Waals surface area contributed by atoms with Gasteiger partial charge in [0.05, 0.1) is 5.56 Å². The monoisotopic (exact) mass is 398 g/mol. The number of carboxylic acid groups (broad SMARTS) is 1. The van der Waals surface area contributed by atoms with Gasteiger partial charge in [0.2, 0.25) is 5.95 Å². The van der Waals surface area contributed by atoms with Crippen molar-refractivity contribution < 1.29 is 9.90 Å². The molecule has 3 rings (SSSR count). The average Bonchev–Trinajstić information content (AvgIpc) is 2.54. The van der Waals surface area contributed by atoms with Gasteiger partial charge in [0.1, 0.15) is 5.82 Å². The topological polar surface area (TPSA) is 87.1 Å². The molecular weight excluding hydrogens is 384 g/mol. The maximum Gasteiger partial charge on any atom is 0.335 e. The molecule has 0 aliphatic carbocycles. The summed E-state index contributed by atoms with van der Waals surface area (Å²) in [6.07, 6.45) is 0. The second-order valence-electron chi connectivity index (χ2n) is 5.36. The first-order valence-electron chi connectivity index (χ1n) is 7.48. The highest BCUT2D eigenvalue weighted by Crippen LogP contribution is 2.21. The van der Waals surface area contributed by atoms with Crippen LogP contribution in [0.2, 0.25) is 0 Å². The molecule has 0 fully saturated rings. The molecule has 0 unspecified atom stereocenters. The predicted octanol–water partition coefficient (Wildman–Crippen LogP) is 4.73. The molecule has 7 heteroatoms. The number of aryl methyl sites for hydroxylation is 1. The molecule has 0 aliphatic heterocycles. The molecule has 0 saturated heterocycles. The number of anilines is 4. The Balaban J connectivity index is 1.80. The molecule has 25 heavy (non-hydrogen) atoms. The van der Waals surface area contributed by atoms with E-state index in [-0.39, 0.29) is 5.56 Å². The summed E-state index contributed by atoms with van der Waals surface area (Å²) in [5, 5.41) is 15.3. The standard InChI is InChI=1S/C18H15BrN4O2/c1-11-9-16(21-14-7-5-12(6-8-14)17(24)25)23-18(20-11)22-15-4-2-3-13(19)10-15/h2-10H,1H3,(H,24,25)(H2,20,21,22,23). The van der Waals surface area contributed by atoms with Gasteiger partial charge >= 0.3 is 5.97 Å². The highest BCUT2D eigenvalue weighted by atomic mass is 79.9. The maximum absolute atomic E-state index is 10.9. The highest BCUT2D eigenvalue weighted by Gasteiger charge is 2.05. The fourth-order valence-corrected chi connectivity index (χ4v) is 2.63. The van der Waals surface area contributed by atoms with E-state index < -0.39 is 5.97 Å². The summed E-state index contributed by atoms with van der Waals surface area (Å²) in [5.74, 6) is 0.140. The Labute approximate surface area is 153 Å². The van der Waals surface area contributed by atoms with Gasteiger partial charge in [-0.25, -0.2) is 9.78 Å². The van der Waals surface area contributed by atoms with Gasteiger partial charge < -0.3 is 15.7 Å². The fourth-order valence-electron chi connectivity index (χ4n) is 2.23. The smallest absolute Gasteiger partial charge is 0.335 e. The molecule has 1 aromatic heterocycles. The second kappa shape index (κ2) is 7.31. The third-order valence-electron chi connectivity index (χ3n) is 3.34. The molecule has 3 N–H and O–H groups in total. The zero-order valence-corrected chi connectivity index (χ0v) is 14.9. The van der Waals surface area contributed by atoms with Crippen molar-refractivity contribution in [3.8, 4) is 0 Å². The van der Waals surface area contributed by atoms with Gasteiger partial charge in [0.15, 0.2) is 0 Å². The largest absolute Gasteiger partial charge is 0.478 e. The van der Waals surface area contributed by atoms with Crippen LogP contribution in [0.5, 0.6) is 0 Å². The van der Waals surface area contributed by atoms with Crippen LogP contribution in [0.15, 0.2) is 59.1 Å². The molecule has 3 aromatic rings. The number of aromatic nitrogens is 2. The van der Waals surface area contributed by atoms with Crippen LogP contribution in [-0.2, 0) is 0 Å². The average molecular weight is 399 g/mol. The van der Waals surface area contributed by atoms with E-state index in [2.05, 4.69) is 36.5 Å². The van der Waals surface area contributed by atoms with Gasteiger partial charge in [0, 0.05) is 27.6 Å². The SMILES string of the molecule is Cc1cc(Nc2ccc(C(=O)O)cc2)nc(Nc2cccc(Br)c2)n1. The maximum atomic E-state index is 10.9. The summed E-state index contributed by atoms with van der Waals surface area (Å²) in [7, 11) is 0. The summed E-state index contributed by atoms with van der Waals surface area (Å²) in [6.45, 7) is 1.88. The number of hydrogen-bond acceptors (Lipinski definition) is 5. The van der Waals surface area contributed by atoms with Gasteiger partial charge in [0.25, 0.3) is 0 Å². The van der Waals surface area contributed by atoms with Crippen molar-refractivity contribution in [2.24, 2.45) is 0 Å². The summed E-state index contributed by atoms with van der Waals surface area (Å²) in [4.78, 5) is 19.7. The van der Waals surface area contributed by atoms with Gasteiger partial charge in [-0.15, -0.1) is 0 Å². The van der Waals surface area contributed by atoms with E-state index in [1.807, 2.05) is 37.3 Å². The van der Waals surface area contributed by atoms with Gasteiger partial charge in [-0.05, 0) is 49.4 Å². The van der Waals surface area contributed by atoms with Crippen molar-refractivity contribution >= 4 is 45.0 Å². The molecule has 0 radical (unpaired) electrons. The number of rotatable bonds is 5. The number of benzene rings is 2. The Kier molecular flexibility index (Phi) is 4.95. The van der Waals surface area contributed by atoms with E-state index >= 15 is 0 Å². The summed E-state index contributed by atoms with van der Waals surface area (Å²) < 4.78 is 0.960. The molecule has 0 saturated carbocycles. The minimum absolute atomic E-state index is 0.237. The van der Waals surface area contributed by atoms with Crippen molar-refractivity contribution in [2.75, 3.05) is 10.6 Å². The van der Waals surface area contributed by atoms with E-state index in [1.54, 1.807) is 24.3 Å². The van der Waals surface area contributed by atoms with E-state index in [1.165, 1.54) is 0 Å². The number of aromatic carboxylic acids is 1. The minimum atomic E-state index is -0.954. The number of carbonyl (C=O) groups is 1. The fraction of sp³-hybridized carbons (Fsp3) is 0.0556. The lowest BCUT2D eigenvalue weighted by Gasteiger charge is -2.10. The Hall–Kier alpha value is -2.93. The minimum Gasteiger partial charge on any atom is -0.478 e. The number of hydrogen-bond donors (Lipinski definition) is 3. The molecule has 126 valence electrons. The summed E-state index contributed by atoms with van der Waals surface area (Å²) in [6, 6.07) is 16.0. The van der Waals surface area contributed by atoms with Crippen LogP contribution in [0.1, 0.15) is 16.1 Å². The summed E-state index contributed by atoms with van der Waals surface area (Å²) >= 11 is 3.43. The van der Waals surface area contributed by atoms with Crippen molar-refractivity contribution in [1.82, 2.24) is 9.97 Å². The van der Waals surface area contributed by atoms with Crippen molar-refractivity contribution in [3.05, 3.63) is 70.3 Å². The lowest BCUT2D eigenvalue weighted by molar-refractivity contribution is 0.0697. The molecule has 0 spiro atoms. The van der Waals surface area contributed by atoms with Crippen LogP contribution < -0.4 is 10.6 Å². The zero-order valence-electron chi connectivity index (χ0n) is 13.3. The molecule has 6 nitrogen and oxygen atoms in total. The lowest BCUT2D eigenvalue weighted by atomic mass is 10.2. The van der Waals surface area contributed by atoms with Crippen LogP contribution >= 0.6 is 15.9 Å². The Morgan fingerprint density at radius 1 is 1.00 bits per heavy atom. The first kappa shape index (κ1) is 16.9. The number of nitrogens with zero attached hydrogens (tertiary/aromatic N) is 2. The number of halogens is 1. The first-order chi connectivity index (χ1) is 12.0. The Bertz CT molecular complexity index is 913. The number of carboxylic acids is 1. The van der Waals surface area contributed by atoms with E-state index in [9.17, 15) is 4.79 Å². The van der Waals surface area contributed by atoms with Gasteiger partial charge in [-0.3, -0.25) is 0 Å². The van der Waals surface area contributed by atoms with E-state index in [0.717, 1.165) is 21.5 Å². The quantitative estimate of drug-likeness (QED) is 0.575. The van der Waals surface area contributed by atoms with Gasteiger partial charge in [-0.2, -0.15) is 4.98 Å². The zero-order chi connectivity index (χ0) is 17.8. The molecule has 0 bridgehead atoms. The Morgan fingerprint density at radius 3 is 2.44 bits per heavy atom. The molecule has 1 heterocycles. The van der Waals surface area contributed by atoms with Crippen molar-refractivity contribution in [2.45, 2.75) is 6.92 Å². The predicted molar refractivity (Wildman–Crippen MR) is 101 cm³/mol.